The van der Waals surface area contributed by atoms with Crippen molar-refractivity contribution in [2.45, 2.75) is 58.6 Å². The summed E-state index contributed by atoms with van der Waals surface area (Å²) in [6.07, 6.45) is 1.81. The quantitative estimate of drug-likeness (QED) is 0.686. The maximum Gasteiger partial charge on any atom is 0.246 e. The number of amides is 2. The molecule has 0 saturated carbocycles. The molecule has 1 aliphatic rings. The van der Waals surface area contributed by atoms with Gasteiger partial charge in [-0.2, -0.15) is 0 Å². The van der Waals surface area contributed by atoms with Gasteiger partial charge in [-0.25, -0.2) is 0 Å². The van der Waals surface area contributed by atoms with Gasteiger partial charge in [0.2, 0.25) is 11.8 Å². The van der Waals surface area contributed by atoms with Gasteiger partial charge in [0.1, 0.15) is 11.3 Å². The minimum atomic E-state index is -0.872. The van der Waals surface area contributed by atoms with Gasteiger partial charge in [0.15, 0.2) is 0 Å². The molecule has 2 rings (SSSR count). The average Bonchev–Trinajstić information content (AvgIpc) is 2.91. The Bertz CT molecular complexity index is 615. The van der Waals surface area contributed by atoms with Gasteiger partial charge in [0.25, 0.3) is 0 Å². The van der Waals surface area contributed by atoms with E-state index in [9.17, 15) is 9.59 Å². The minimum absolute atomic E-state index is 0.0325. The van der Waals surface area contributed by atoms with Crippen LogP contribution in [-0.2, 0) is 14.3 Å². The van der Waals surface area contributed by atoms with Crippen LogP contribution in [0, 0.1) is 0 Å². The van der Waals surface area contributed by atoms with Gasteiger partial charge >= 0.3 is 0 Å². The summed E-state index contributed by atoms with van der Waals surface area (Å²) in [6, 6.07) is 7.31. The van der Waals surface area contributed by atoms with E-state index in [1.54, 1.807) is 4.90 Å². The summed E-state index contributed by atoms with van der Waals surface area (Å²) < 4.78 is 10.9. The Labute approximate surface area is 155 Å². The van der Waals surface area contributed by atoms with E-state index in [-0.39, 0.29) is 17.9 Å². The fourth-order valence-corrected chi connectivity index (χ4v) is 3.13. The number of ether oxygens (including phenoxy) is 2. The van der Waals surface area contributed by atoms with Crippen molar-refractivity contribution in [3.63, 3.8) is 0 Å². The summed E-state index contributed by atoms with van der Waals surface area (Å²) in [5, 5.41) is 2.95. The van der Waals surface area contributed by atoms with Crippen LogP contribution in [0.25, 0.3) is 0 Å². The van der Waals surface area contributed by atoms with Gasteiger partial charge in [-0.3, -0.25) is 14.5 Å². The molecule has 0 aromatic heterocycles. The third-order valence-corrected chi connectivity index (χ3v) is 4.52. The van der Waals surface area contributed by atoms with Crippen molar-refractivity contribution in [3.05, 3.63) is 24.3 Å². The molecular weight excluding hydrogens is 332 g/mol. The third-order valence-electron chi connectivity index (χ3n) is 4.52. The van der Waals surface area contributed by atoms with Gasteiger partial charge in [-0.15, -0.1) is 0 Å². The van der Waals surface area contributed by atoms with Crippen molar-refractivity contribution >= 4 is 17.5 Å². The lowest BCUT2D eigenvalue weighted by molar-refractivity contribution is -0.127. The normalized spacial score (nSPS) is 19.9. The van der Waals surface area contributed by atoms with Crippen LogP contribution in [0.5, 0.6) is 5.75 Å². The van der Waals surface area contributed by atoms with Gasteiger partial charge in [-0.1, -0.05) is 0 Å². The molecule has 1 fully saturated rings. The van der Waals surface area contributed by atoms with Crippen molar-refractivity contribution in [2.75, 3.05) is 24.7 Å². The second kappa shape index (κ2) is 9.03. The molecule has 6 heteroatoms. The highest BCUT2D eigenvalue weighted by molar-refractivity contribution is 6.06. The maximum atomic E-state index is 12.8. The first-order chi connectivity index (χ1) is 12.4. The lowest BCUT2D eigenvalue weighted by Gasteiger charge is -2.34. The number of nitrogens with one attached hydrogen (secondary N) is 1. The van der Waals surface area contributed by atoms with Crippen LogP contribution in [-0.4, -0.2) is 43.2 Å². The number of anilines is 1. The summed E-state index contributed by atoms with van der Waals surface area (Å²) in [4.78, 5) is 26.9. The Morgan fingerprint density at radius 1 is 1.31 bits per heavy atom. The zero-order valence-electron chi connectivity index (χ0n) is 16.2. The van der Waals surface area contributed by atoms with E-state index in [0.29, 0.717) is 32.6 Å². The summed E-state index contributed by atoms with van der Waals surface area (Å²) in [6.45, 7) is 9.45. The highest BCUT2D eigenvalue weighted by Gasteiger charge is 2.47. The molecule has 1 heterocycles. The molecule has 1 saturated heterocycles. The molecular formula is C20H30N2O4. The molecule has 0 unspecified atom stereocenters. The molecule has 0 aliphatic carbocycles. The molecule has 6 nitrogen and oxygen atoms in total. The van der Waals surface area contributed by atoms with E-state index in [1.807, 2.05) is 52.0 Å². The molecule has 1 aromatic rings. The molecule has 1 aliphatic heterocycles. The van der Waals surface area contributed by atoms with Gasteiger partial charge in [-0.05, 0) is 64.8 Å². The van der Waals surface area contributed by atoms with E-state index in [0.717, 1.165) is 17.9 Å². The molecule has 26 heavy (non-hydrogen) atoms. The van der Waals surface area contributed by atoms with Crippen LogP contribution in [0.15, 0.2) is 24.3 Å². The van der Waals surface area contributed by atoms with E-state index in [2.05, 4.69) is 5.32 Å². The molecule has 1 atom stereocenters. The second-order valence-electron chi connectivity index (χ2n) is 6.96. The van der Waals surface area contributed by atoms with Crippen molar-refractivity contribution in [3.8, 4) is 5.75 Å². The van der Waals surface area contributed by atoms with Crippen LogP contribution < -0.4 is 15.0 Å². The summed E-state index contributed by atoms with van der Waals surface area (Å²) >= 11 is 0. The number of carbonyl (C=O) groups excluding carboxylic acids is 2. The highest BCUT2D eigenvalue weighted by atomic mass is 16.5. The number of rotatable bonds is 9. The highest BCUT2D eigenvalue weighted by Crippen LogP contribution is 2.35. The lowest BCUT2D eigenvalue weighted by Crippen LogP contribution is -2.55. The SMILES string of the molecule is CCOc1ccc(N2C(=O)CC[C@@]2(C)C(=O)NCCCOC(C)C)cc1. The maximum absolute atomic E-state index is 12.8. The fourth-order valence-electron chi connectivity index (χ4n) is 3.13. The standard InChI is InChI=1S/C20H30N2O4/c1-5-25-17-9-7-16(8-10-17)22-18(23)11-12-20(22,4)19(24)21-13-6-14-26-15(2)3/h7-10,15H,5-6,11-14H2,1-4H3,(H,21,24)/t20-/m0/s1. The smallest absolute Gasteiger partial charge is 0.246 e. The molecule has 0 radical (unpaired) electrons. The Morgan fingerprint density at radius 2 is 2.00 bits per heavy atom. The molecule has 1 N–H and O–H groups in total. The minimum Gasteiger partial charge on any atom is -0.494 e. The number of nitrogens with zero attached hydrogens (tertiary/aromatic N) is 1. The summed E-state index contributed by atoms with van der Waals surface area (Å²) in [5.41, 5.74) is -0.153. The Morgan fingerprint density at radius 3 is 2.62 bits per heavy atom. The number of hydrogen-bond acceptors (Lipinski definition) is 4. The lowest BCUT2D eigenvalue weighted by atomic mass is 9.97. The first-order valence-corrected chi connectivity index (χ1v) is 9.34. The molecule has 1 aromatic carbocycles. The summed E-state index contributed by atoms with van der Waals surface area (Å²) in [5.74, 6) is 0.593. The number of carbonyl (C=O) groups is 2. The van der Waals surface area contributed by atoms with E-state index in [4.69, 9.17) is 9.47 Å². The third kappa shape index (κ3) is 4.75. The first kappa shape index (κ1) is 20.2. The monoisotopic (exact) mass is 362 g/mol. The largest absolute Gasteiger partial charge is 0.494 e. The predicted octanol–water partition coefficient (Wildman–Crippen LogP) is 2.90. The predicted molar refractivity (Wildman–Crippen MR) is 101 cm³/mol. The Hall–Kier alpha value is -2.08. The van der Waals surface area contributed by atoms with Crippen LogP contribution in [0.1, 0.15) is 47.0 Å². The zero-order chi connectivity index (χ0) is 19.2. The topological polar surface area (TPSA) is 67.9 Å². The zero-order valence-corrected chi connectivity index (χ0v) is 16.2. The molecule has 0 spiro atoms. The molecule has 0 bridgehead atoms. The van der Waals surface area contributed by atoms with Crippen LogP contribution >= 0.6 is 0 Å². The van der Waals surface area contributed by atoms with Crippen molar-refractivity contribution < 1.29 is 19.1 Å². The van der Waals surface area contributed by atoms with Crippen LogP contribution in [0.3, 0.4) is 0 Å². The second-order valence-corrected chi connectivity index (χ2v) is 6.96. The van der Waals surface area contributed by atoms with E-state index in [1.165, 1.54) is 0 Å². The number of benzene rings is 1. The van der Waals surface area contributed by atoms with Gasteiger partial charge < -0.3 is 14.8 Å². The fraction of sp³-hybridized carbons (Fsp3) is 0.600. The molecule has 144 valence electrons. The van der Waals surface area contributed by atoms with Gasteiger partial charge in [0, 0.05) is 25.3 Å². The number of hydrogen-bond donors (Lipinski definition) is 1. The van der Waals surface area contributed by atoms with E-state index < -0.39 is 5.54 Å². The van der Waals surface area contributed by atoms with Crippen LogP contribution in [0.2, 0.25) is 0 Å². The van der Waals surface area contributed by atoms with Crippen molar-refractivity contribution in [1.29, 1.82) is 0 Å². The Balaban J connectivity index is 2.02. The van der Waals surface area contributed by atoms with Crippen molar-refractivity contribution in [1.82, 2.24) is 5.32 Å². The molecule has 2 amide bonds. The van der Waals surface area contributed by atoms with Crippen LogP contribution in [0.4, 0.5) is 5.69 Å². The van der Waals surface area contributed by atoms with Crippen molar-refractivity contribution in [2.24, 2.45) is 0 Å². The Kier molecular flexibility index (Phi) is 7.03. The van der Waals surface area contributed by atoms with E-state index >= 15 is 0 Å². The van der Waals surface area contributed by atoms with Gasteiger partial charge in [0.05, 0.1) is 12.7 Å². The average molecular weight is 362 g/mol. The summed E-state index contributed by atoms with van der Waals surface area (Å²) in [7, 11) is 0. The first-order valence-electron chi connectivity index (χ1n) is 9.34.